The normalized spacial score (nSPS) is 11.7. The fourth-order valence-electron chi connectivity index (χ4n) is 10.3. The molecule has 0 unspecified atom stereocenters. The topological polar surface area (TPSA) is 46.9 Å². The molecule has 84 heavy (non-hydrogen) atoms. The van der Waals surface area contributed by atoms with Gasteiger partial charge < -0.3 is 19.8 Å². The standard InChI is InChI=1S/C37H27NS2.C26H23N.C12H9BO2S2/c1-26-9-7-12-32(25-26)38(30-10-3-2-4-11-30)31-23-21-28(22-24-31)27-17-19-29(20-18-27)33-13-8-16-36-37(33)40-35-15-6-5-14-34(35)39-36;1-20-11-13-22(14-12-20)23-15-17-25(18-16-23)27(24-8-4-3-5-9-24)26-10-6-7-21(2)19-26;14-13(15)8-4-3-7-11-12(8)17-10-6-2-1-5-9(10)16-11/h2-25H,1H3;3-19H,1-2H3;1-7,14-15H. The molecule has 2 heterocycles. The quantitative estimate of drug-likeness (QED) is 0.131. The summed E-state index contributed by atoms with van der Waals surface area (Å²) in [6.45, 7) is 6.39. The first kappa shape index (κ1) is 56.1. The van der Waals surface area contributed by atoms with Crippen molar-refractivity contribution in [2.45, 2.75) is 59.9 Å². The smallest absolute Gasteiger partial charge is 0.423 e. The highest BCUT2D eigenvalue weighted by atomic mass is 32.2. The van der Waals surface area contributed by atoms with Crippen LogP contribution in [0.1, 0.15) is 16.7 Å². The van der Waals surface area contributed by atoms with Crippen molar-refractivity contribution >= 4 is 93.8 Å². The molecule has 0 saturated heterocycles. The molecule has 0 aliphatic carbocycles. The first-order valence-corrected chi connectivity index (χ1v) is 31.2. The molecule has 0 radical (unpaired) electrons. The maximum Gasteiger partial charge on any atom is 0.489 e. The molecule has 0 saturated carbocycles. The molecule has 0 aromatic heterocycles. The third-order valence-electron chi connectivity index (χ3n) is 14.5. The van der Waals surface area contributed by atoms with Gasteiger partial charge in [-0.15, -0.1) is 0 Å². The summed E-state index contributed by atoms with van der Waals surface area (Å²) >= 11 is 7.02. The van der Waals surface area contributed by atoms with Crippen molar-refractivity contribution in [3.05, 3.63) is 308 Å². The van der Waals surface area contributed by atoms with E-state index >= 15 is 0 Å². The van der Waals surface area contributed by atoms with Gasteiger partial charge in [-0.2, -0.15) is 0 Å². The largest absolute Gasteiger partial charge is 0.489 e. The first-order valence-electron chi connectivity index (χ1n) is 27.9. The van der Waals surface area contributed by atoms with Crippen LogP contribution in [-0.2, 0) is 0 Å². The van der Waals surface area contributed by atoms with Crippen molar-refractivity contribution in [3.63, 3.8) is 0 Å². The Morgan fingerprint density at radius 1 is 0.262 bits per heavy atom. The van der Waals surface area contributed by atoms with Gasteiger partial charge in [-0.05, 0) is 180 Å². The summed E-state index contributed by atoms with van der Waals surface area (Å²) in [6, 6.07) is 103. The van der Waals surface area contributed by atoms with Gasteiger partial charge in [0.05, 0.1) is 0 Å². The van der Waals surface area contributed by atoms with Crippen LogP contribution in [0.4, 0.5) is 34.1 Å². The zero-order valence-corrected chi connectivity index (χ0v) is 50.0. The second kappa shape index (κ2) is 26.0. The van der Waals surface area contributed by atoms with Crippen molar-refractivity contribution in [2.75, 3.05) is 9.80 Å². The molecule has 12 aromatic carbocycles. The summed E-state index contributed by atoms with van der Waals surface area (Å²) in [7, 11) is -1.41. The average Bonchev–Trinajstić information content (AvgIpc) is 2.72. The third kappa shape index (κ3) is 12.9. The molecule has 2 aliphatic rings. The van der Waals surface area contributed by atoms with Crippen molar-refractivity contribution in [2.24, 2.45) is 0 Å². The molecule has 0 fully saturated rings. The average molecular weight is 1160 g/mol. The van der Waals surface area contributed by atoms with E-state index < -0.39 is 7.12 Å². The van der Waals surface area contributed by atoms with E-state index in [1.165, 1.54) is 80.2 Å². The van der Waals surface area contributed by atoms with Crippen LogP contribution >= 0.6 is 47.0 Å². The van der Waals surface area contributed by atoms with Crippen LogP contribution in [0.2, 0.25) is 0 Å². The second-order valence-corrected chi connectivity index (χ2v) is 24.8. The van der Waals surface area contributed by atoms with Crippen molar-refractivity contribution < 1.29 is 10.0 Å². The van der Waals surface area contributed by atoms with Crippen LogP contribution in [0.25, 0.3) is 33.4 Å². The molecule has 0 spiro atoms. The number of fused-ring (bicyclic) bond motifs is 4. The minimum atomic E-state index is -1.41. The minimum Gasteiger partial charge on any atom is -0.423 e. The van der Waals surface area contributed by atoms with Crippen LogP contribution < -0.4 is 15.3 Å². The first-order chi connectivity index (χ1) is 41.2. The predicted molar refractivity (Wildman–Crippen MR) is 358 cm³/mol. The Bertz CT molecular complexity index is 4200. The van der Waals surface area contributed by atoms with Crippen LogP contribution in [-0.4, -0.2) is 17.2 Å². The Hall–Kier alpha value is -8.38. The molecule has 12 aromatic rings. The summed E-state index contributed by atoms with van der Waals surface area (Å²) in [5, 5.41) is 18.7. The van der Waals surface area contributed by atoms with E-state index in [1.54, 1.807) is 29.6 Å². The third-order valence-corrected chi connectivity index (χ3v) is 19.8. The van der Waals surface area contributed by atoms with Gasteiger partial charge in [-0.25, -0.2) is 0 Å². The van der Waals surface area contributed by atoms with Gasteiger partial charge in [0, 0.05) is 73.3 Å². The fraction of sp³-hybridized carbons (Fsp3) is 0.0400. The van der Waals surface area contributed by atoms with E-state index in [1.807, 2.05) is 47.8 Å². The zero-order valence-electron chi connectivity index (χ0n) is 46.7. The fourth-order valence-corrected chi connectivity index (χ4v) is 15.1. The van der Waals surface area contributed by atoms with Crippen LogP contribution in [0, 0.1) is 20.8 Å². The van der Waals surface area contributed by atoms with E-state index in [4.69, 9.17) is 0 Å². The Morgan fingerprint density at radius 3 is 1.05 bits per heavy atom. The molecule has 408 valence electrons. The van der Waals surface area contributed by atoms with Crippen LogP contribution in [0.15, 0.2) is 330 Å². The number of hydrogen-bond donors (Lipinski definition) is 2. The molecule has 0 bridgehead atoms. The zero-order chi connectivity index (χ0) is 57.4. The number of nitrogens with zero attached hydrogens (tertiary/aromatic N) is 2. The molecule has 14 rings (SSSR count). The molecule has 4 nitrogen and oxygen atoms in total. The maximum atomic E-state index is 9.36. The summed E-state index contributed by atoms with van der Waals surface area (Å²) in [6.07, 6.45) is 0. The number of anilines is 6. The van der Waals surface area contributed by atoms with Gasteiger partial charge in [0.25, 0.3) is 0 Å². The Balaban J connectivity index is 0.000000136. The van der Waals surface area contributed by atoms with E-state index in [2.05, 4.69) is 291 Å². The molecule has 9 heteroatoms. The summed E-state index contributed by atoms with van der Waals surface area (Å²) in [5.41, 5.74) is 18.7. The lowest BCUT2D eigenvalue weighted by Gasteiger charge is -2.26. The molecule has 2 aliphatic heterocycles. The van der Waals surface area contributed by atoms with Gasteiger partial charge in [-0.3, -0.25) is 0 Å². The monoisotopic (exact) mass is 1160 g/mol. The van der Waals surface area contributed by atoms with E-state index in [9.17, 15) is 10.0 Å². The lowest BCUT2D eigenvalue weighted by molar-refractivity contribution is 0.424. The van der Waals surface area contributed by atoms with Crippen molar-refractivity contribution in [1.82, 2.24) is 0 Å². The number of aryl methyl sites for hydroxylation is 3. The summed E-state index contributed by atoms with van der Waals surface area (Å²) in [5.74, 6) is 0. The highest BCUT2D eigenvalue weighted by Gasteiger charge is 2.25. The Kier molecular flexibility index (Phi) is 17.4. The van der Waals surface area contributed by atoms with Crippen LogP contribution in [0.3, 0.4) is 0 Å². The number of hydrogen-bond acceptors (Lipinski definition) is 8. The Labute approximate surface area is 511 Å². The lowest BCUT2D eigenvalue weighted by Crippen LogP contribution is -2.32. The van der Waals surface area contributed by atoms with Gasteiger partial charge in [0.1, 0.15) is 0 Å². The molecule has 0 atom stereocenters. The number of rotatable bonds is 10. The number of para-hydroxylation sites is 2. The van der Waals surface area contributed by atoms with E-state index in [-0.39, 0.29) is 0 Å². The molecule has 2 N–H and O–H groups in total. The molecule has 0 amide bonds. The SMILES string of the molecule is Cc1ccc(-c2ccc(N(c3ccccc3)c3cccc(C)c3)cc2)cc1.Cc1cccc(N(c2ccccc2)c2ccc(-c3ccc(-c4cccc5c4Sc4ccccc4S5)cc3)cc2)c1.OB(O)c1cccc2c1Sc1ccccc1S2. The summed E-state index contributed by atoms with van der Waals surface area (Å²) in [4.78, 5) is 14.4. The minimum absolute atomic E-state index is 0.578. The van der Waals surface area contributed by atoms with Crippen molar-refractivity contribution in [1.29, 1.82) is 0 Å². The second-order valence-electron chi connectivity index (χ2n) is 20.5. The van der Waals surface area contributed by atoms with Crippen LogP contribution in [0.5, 0.6) is 0 Å². The molecular weight excluding hydrogens is 1100 g/mol. The maximum absolute atomic E-state index is 9.36. The lowest BCUT2D eigenvalue weighted by atomic mass is 9.80. The number of benzene rings is 12. The predicted octanol–water partition coefficient (Wildman–Crippen LogP) is 20.8. The highest BCUT2D eigenvalue weighted by molar-refractivity contribution is 8.05. The van der Waals surface area contributed by atoms with E-state index in [0.29, 0.717) is 5.46 Å². The highest BCUT2D eigenvalue weighted by Crippen LogP contribution is 2.52. The van der Waals surface area contributed by atoms with Gasteiger partial charge in [0.2, 0.25) is 0 Å². The van der Waals surface area contributed by atoms with Gasteiger partial charge >= 0.3 is 7.12 Å². The van der Waals surface area contributed by atoms with E-state index in [0.717, 1.165) is 43.1 Å². The Morgan fingerprint density at radius 2 is 0.595 bits per heavy atom. The summed E-state index contributed by atoms with van der Waals surface area (Å²) < 4.78 is 0. The van der Waals surface area contributed by atoms with Gasteiger partial charge in [0.15, 0.2) is 0 Å². The van der Waals surface area contributed by atoms with Crippen molar-refractivity contribution in [3.8, 4) is 33.4 Å². The van der Waals surface area contributed by atoms with Gasteiger partial charge in [-0.1, -0.05) is 235 Å². The molecular formula is C75H59BN2O2S4.